The predicted octanol–water partition coefficient (Wildman–Crippen LogP) is 3.91. The molecule has 120 valence electrons. The largest absolute Gasteiger partial charge is 0.388 e. The van der Waals surface area contributed by atoms with Crippen LogP contribution in [0.25, 0.3) is 0 Å². The minimum Gasteiger partial charge on any atom is -0.388 e. The summed E-state index contributed by atoms with van der Waals surface area (Å²) in [5.41, 5.74) is 3.23. The number of fused-ring (bicyclic) bond motifs is 1. The third-order valence-corrected chi connectivity index (χ3v) is 4.79. The molecule has 2 aromatic rings. The second-order valence-corrected chi connectivity index (χ2v) is 6.42. The second kappa shape index (κ2) is 6.73. The molecule has 0 bridgehead atoms. The third-order valence-electron chi connectivity index (χ3n) is 4.54. The molecule has 3 nitrogen and oxygen atoms in total. The molecule has 0 saturated heterocycles. The summed E-state index contributed by atoms with van der Waals surface area (Å²) in [7, 11) is 0. The van der Waals surface area contributed by atoms with Crippen LogP contribution in [0.5, 0.6) is 0 Å². The summed E-state index contributed by atoms with van der Waals surface area (Å²) in [4.78, 5) is 14.5. The van der Waals surface area contributed by atoms with Gasteiger partial charge in [-0.25, -0.2) is 0 Å². The lowest BCUT2D eigenvalue weighted by Crippen LogP contribution is -2.39. The van der Waals surface area contributed by atoms with Crippen molar-refractivity contribution in [2.75, 3.05) is 6.54 Å². The highest BCUT2D eigenvalue weighted by molar-refractivity contribution is 6.30. The molecule has 23 heavy (non-hydrogen) atoms. The van der Waals surface area contributed by atoms with E-state index in [9.17, 15) is 9.90 Å². The first-order valence-electron chi connectivity index (χ1n) is 7.87. The molecule has 2 unspecified atom stereocenters. The van der Waals surface area contributed by atoms with Crippen LogP contribution in [-0.2, 0) is 11.2 Å². The van der Waals surface area contributed by atoms with Crippen molar-refractivity contribution in [2.24, 2.45) is 0 Å². The number of halogens is 1. The lowest BCUT2D eigenvalue weighted by molar-refractivity contribution is -0.135. The maximum Gasteiger partial charge on any atom is 0.226 e. The van der Waals surface area contributed by atoms with E-state index in [4.69, 9.17) is 11.6 Å². The van der Waals surface area contributed by atoms with Gasteiger partial charge >= 0.3 is 0 Å². The Morgan fingerprint density at radius 1 is 1.26 bits per heavy atom. The molecule has 0 radical (unpaired) electrons. The molecule has 0 fully saturated rings. The highest BCUT2D eigenvalue weighted by Gasteiger charge is 2.28. The van der Waals surface area contributed by atoms with Crippen molar-refractivity contribution in [1.82, 2.24) is 4.90 Å². The van der Waals surface area contributed by atoms with Crippen LogP contribution in [0.1, 0.15) is 42.2 Å². The van der Waals surface area contributed by atoms with E-state index in [1.807, 2.05) is 24.0 Å². The number of nitrogens with zero attached hydrogens (tertiary/aromatic N) is 1. The highest BCUT2D eigenvalue weighted by atomic mass is 35.5. The Hall–Kier alpha value is -1.84. The van der Waals surface area contributed by atoms with Crippen molar-refractivity contribution in [3.63, 3.8) is 0 Å². The first-order chi connectivity index (χ1) is 11.1. The van der Waals surface area contributed by atoms with Crippen molar-refractivity contribution in [3.05, 3.63) is 70.2 Å². The summed E-state index contributed by atoms with van der Waals surface area (Å²) in [6.45, 7) is 2.74. The van der Waals surface area contributed by atoms with Gasteiger partial charge in [0.15, 0.2) is 0 Å². The molecule has 4 heteroatoms. The lowest BCUT2D eigenvalue weighted by Gasteiger charge is -2.35. The van der Waals surface area contributed by atoms with Crippen molar-refractivity contribution in [1.29, 1.82) is 0 Å². The number of aliphatic hydroxyl groups excluding tert-OH is 1. The number of amides is 1. The van der Waals surface area contributed by atoms with E-state index in [0.29, 0.717) is 17.1 Å². The van der Waals surface area contributed by atoms with Gasteiger partial charge in [0.1, 0.15) is 0 Å². The average molecular weight is 330 g/mol. The molecule has 1 aliphatic heterocycles. The van der Waals surface area contributed by atoms with Gasteiger partial charge in [-0.3, -0.25) is 4.79 Å². The minimum atomic E-state index is -0.802. The number of carbonyl (C=O) groups excluding carboxylic acids is 1. The monoisotopic (exact) mass is 329 g/mol. The number of rotatable bonds is 3. The molecule has 0 saturated carbocycles. The predicted molar refractivity (Wildman–Crippen MR) is 91.3 cm³/mol. The van der Waals surface area contributed by atoms with E-state index < -0.39 is 6.10 Å². The van der Waals surface area contributed by atoms with Crippen LogP contribution in [0.4, 0.5) is 0 Å². The molecule has 0 spiro atoms. The van der Waals surface area contributed by atoms with E-state index in [2.05, 4.69) is 12.1 Å². The van der Waals surface area contributed by atoms with Crippen LogP contribution in [0, 0.1) is 0 Å². The molecular formula is C19H20ClNO2. The van der Waals surface area contributed by atoms with Crippen LogP contribution >= 0.6 is 11.6 Å². The fourth-order valence-corrected chi connectivity index (χ4v) is 3.32. The smallest absolute Gasteiger partial charge is 0.226 e. The summed E-state index contributed by atoms with van der Waals surface area (Å²) >= 11 is 5.85. The number of hydrogen-bond donors (Lipinski definition) is 1. The van der Waals surface area contributed by atoms with Crippen molar-refractivity contribution in [2.45, 2.75) is 31.9 Å². The number of carbonyl (C=O) groups is 1. The van der Waals surface area contributed by atoms with Gasteiger partial charge in [0.25, 0.3) is 0 Å². The van der Waals surface area contributed by atoms with Crippen LogP contribution in [-0.4, -0.2) is 22.5 Å². The maximum absolute atomic E-state index is 12.6. The maximum atomic E-state index is 12.6. The molecule has 0 aromatic heterocycles. The fraction of sp³-hybridized carbons (Fsp3) is 0.316. The highest BCUT2D eigenvalue weighted by Crippen LogP contribution is 2.30. The first-order valence-corrected chi connectivity index (χ1v) is 8.25. The fourth-order valence-electron chi connectivity index (χ4n) is 3.20. The number of aliphatic hydroxyl groups is 1. The van der Waals surface area contributed by atoms with Gasteiger partial charge in [0.05, 0.1) is 18.6 Å². The molecule has 1 aliphatic rings. The van der Waals surface area contributed by atoms with E-state index in [-0.39, 0.29) is 18.4 Å². The van der Waals surface area contributed by atoms with Gasteiger partial charge in [-0.15, -0.1) is 0 Å². The zero-order valence-corrected chi connectivity index (χ0v) is 13.8. The minimum absolute atomic E-state index is 0.0190. The Kier molecular flexibility index (Phi) is 4.69. The Morgan fingerprint density at radius 2 is 1.96 bits per heavy atom. The second-order valence-electron chi connectivity index (χ2n) is 5.98. The third kappa shape index (κ3) is 3.41. The number of benzene rings is 2. The Labute approximate surface area is 141 Å². The molecule has 1 heterocycles. The van der Waals surface area contributed by atoms with Gasteiger partial charge in [-0.05, 0) is 42.2 Å². The quantitative estimate of drug-likeness (QED) is 0.927. The van der Waals surface area contributed by atoms with Gasteiger partial charge in [-0.2, -0.15) is 0 Å². The molecular weight excluding hydrogens is 310 g/mol. The molecule has 0 aliphatic carbocycles. The molecule has 1 amide bonds. The van der Waals surface area contributed by atoms with Crippen molar-refractivity contribution < 1.29 is 9.90 Å². The zero-order chi connectivity index (χ0) is 16.4. The Bertz CT molecular complexity index is 699. The van der Waals surface area contributed by atoms with Crippen molar-refractivity contribution in [3.8, 4) is 0 Å². The summed E-state index contributed by atoms with van der Waals surface area (Å²) < 4.78 is 0. The van der Waals surface area contributed by atoms with E-state index in [1.54, 1.807) is 24.3 Å². The molecule has 3 rings (SSSR count). The van der Waals surface area contributed by atoms with E-state index in [0.717, 1.165) is 6.42 Å². The molecule has 2 aromatic carbocycles. The summed E-state index contributed by atoms with van der Waals surface area (Å²) in [5, 5.41) is 10.9. The lowest BCUT2D eigenvalue weighted by atomic mass is 9.93. The van der Waals surface area contributed by atoms with E-state index in [1.165, 1.54) is 11.1 Å². The van der Waals surface area contributed by atoms with E-state index >= 15 is 0 Å². The van der Waals surface area contributed by atoms with Crippen LogP contribution in [0.15, 0.2) is 48.5 Å². The summed E-state index contributed by atoms with van der Waals surface area (Å²) in [6, 6.07) is 15.3. The topological polar surface area (TPSA) is 40.5 Å². The van der Waals surface area contributed by atoms with Gasteiger partial charge in [0.2, 0.25) is 5.91 Å². The van der Waals surface area contributed by atoms with Crippen LogP contribution in [0.2, 0.25) is 5.02 Å². The summed E-state index contributed by atoms with van der Waals surface area (Å²) in [5.74, 6) is -0.0190. The average Bonchev–Trinajstić information content (AvgIpc) is 2.56. The SMILES string of the molecule is CC1c2ccccc2CCN1C(=O)CC(O)c1ccc(Cl)cc1. The Morgan fingerprint density at radius 3 is 2.70 bits per heavy atom. The Balaban J connectivity index is 1.70. The molecule has 1 N–H and O–H groups in total. The van der Waals surface area contributed by atoms with Gasteiger partial charge in [-0.1, -0.05) is 48.0 Å². The van der Waals surface area contributed by atoms with Crippen LogP contribution in [0.3, 0.4) is 0 Å². The standard InChI is InChI=1S/C19H20ClNO2/c1-13-17-5-3-2-4-14(17)10-11-21(13)19(23)12-18(22)15-6-8-16(20)9-7-15/h2-9,13,18,22H,10-12H2,1H3. The van der Waals surface area contributed by atoms with Gasteiger partial charge < -0.3 is 10.0 Å². The normalized spacial score (nSPS) is 18.4. The number of hydrogen-bond acceptors (Lipinski definition) is 2. The van der Waals surface area contributed by atoms with Crippen molar-refractivity contribution >= 4 is 17.5 Å². The molecule has 2 atom stereocenters. The summed E-state index contributed by atoms with van der Waals surface area (Å²) in [6.07, 6.45) is 0.154. The van der Waals surface area contributed by atoms with Gasteiger partial charge in [0, 0.05) is 11.6 Å². The van der Waals surface area contributed by atoms with Crippen LogP contribution < -0.4 is 0 Å². The zero-order valence-electron chi connectivity index (χ0n) is 13.1. The first kappa shape index (κ1) is 16.0.